The fourth-order valence-electron chi connectivity index (χ4n) is 2.93. The van der Waals surface area contributed by atoms with Gasteiger partial charge in [0, 0.05) is 5.54 Å². The summed E-state index contributed by atoms with van der Waals surface area (Å²) in [7, 11) is 0. The van der Waals surface area contributed by atoms with Crippen molar-refractivity contribution in [1.82, 2.24) is 0 Å². The van der Waals surface area contributed by atoms with Crippen LogP contribution in [0, 0.1) is 5.92 Å². The summed E-state index contributed by atoms with van der Waals surface area (Å²) in [6.45, 7) is 6.35. The van der Waals surface area contributed by atoms with Crippen molar-refractivity contribution in [2.45, 2.75) is 58.1 Å². The maximum absolute atomic E-state index is 6.56. The van der Waals surface area contributed by atoms with Gasteiger partial charge in [0.2, 0.25) is 0 Å². The van der Waals surface area contributed by atoms with Crippen LogP contribution in [0.25, 0.3) is 0 Å². The van der Waals surface area contributed by atoms with E-state index in [-0.39, 0.29) is 11.6 Å². The minimum absolute atomic E-state index is 0.114. The van der Waals surface area contributed by atoms with Crippen molar-refractivity contribution in [3.8, 4) is 5.75 Å². The van der Waals surface area contributed by atoms with Crippen molar-refractivity contribution in [2.24, 2.45) is 11.7 Å². The van der Waals surface area contributed by atoms with Gasteiger partial charge in [-0.25, -0.2) is 0 Å². The summed E-state index contributed by atoms with van der Waals surface area (Å²) in [6, 6.07) is 8.36. The quantitative estimate of drug-likeness (QED) is 0.877. The second-order valence-electron chi connectivity index (χ2n) is 5.86. The average Bonchev–Trinajstić information content (AvgIpc) is 2.72. The highest BCUT2D eigenvalue weighted by Crippen LogP contribution is 2.41. The number of hydrogen-bond acceptors (Lipinski definition) is 2. The van der Waals surface area contributed by atoms with Gasteiger partial charge in [0.05, 0.1) is 6.10 Å². The molecular weight excluding hydrogens is 222 g/mol. The zero-order valence-corrected chi connectivity index (χ0v) is 11.8. The topological polar surface area (TPSA) is 35.2 Å². The molecule has 1 aromatic rings. The molecule has 2 nitrogen and oxygen atoms in total. The van der Waals surface area contributed by atoms with Crippen LogP contribution >= 0.6 is 0 Å². The standard InChI is InChI=1S/C16H25NO/c1-4-13-9-10-16(17,11-13)14-5-7-15(8-6-14)18-12(2)3/h5-8,12-13H,4,9-11,17H2,1-3H3. The first-order chi connectivity index (χ1) is 8.53. The Bertz CT molecular complexity index is 385. The molecular formula is C16H25NO. The molecule has 1 saturated carbocycles. The van der Waals surface area contributed by atoms with Gasteiger partial charge in [0.25, 0.3) is 0 Å². The van der Waals surface area contributed by atoms with E-state index in [1.165, 1.54) is 18.4 Å². The molecule has 0 amide bonds. The average molecular weight is 247 g/mol. The Hall–Kier alpha value is -1.02. The molecule has 1 aliphatic rings. The summed E-state index contributed by atoms with van der Waals surface area (Å²) >= 11 is 0. The molecule has 0 radical (unpaired) electrons. The lowest BCUT2D eigenvalue weighted by atomic mass is 9.88. The van der Waals surface area contributed by atoms with Crippen molar-refractivity contribution < 1.29 is 4.74 Å². The molecule has 2 heteroatoms. The smallest absolute Gasteiger partial charge is 0.119 e. The molecule has 18 heavy (non-hydrogen) atoms. The summed E-state index contributed by atoms with van der Waals surface area (Å²) < 4.78 is 5.67. The number of ether oxygens (including phenoxy) is 1. The lowest BCUT2D eigenvalue weighted by molar-refractivity contribution is 0.242. The summed E-state index contributed by atoms with van der Waals surface area (Å²) in [6.07, 6.45) is 4.95. The van der Waals surface area contributed by atoms with Crippen molar-refractivity contribution >= 4 is 0 Å². The number of nitrogens with two attached hydrogens (primary N) is 1. The van der Waals surface area contributed by atoms with E-state index in [0.717, 1.165) is 24.5 Å². The highest BCUT2D eigenvalue weighted by Gasteiger charge is 2.36. The third-order valence-electron chi connectivity index (χ3n) is 4.03. The summed E-state index contributed by atoms with van der Waals surface area (Å²) in [5.41, 5.74) is 7.70. The molecule has 0 heterocycles. The minimum Gasteiger partial charge on any atom is -0.491 e. The normalized spacial score (nSPS) is 27.7. The van der Waals surface area contributed by atoms with E-state index in [9.17, 15) is 0 Å². The Balaban J connectivity index is 2.10. The van der Waals surface area contributed by atoms with Gasteiger partial charge < -0.3 is 10.5 Å². The van der Waals surface area contributed by atoms with E-state index in [2.05, 4.69) is 19.1 Å². The molecule has 100 valence electrons. The largest absolute Gasteiger partial charge is 0.491 e. The maximum Gasteiger partial charge on any atom is 0.119 e. The van der Waals surface area contributed by atoms with Crippen molar-refractivity contribution in [3.05, 3.63) is 29.8 Å². The van der Waals surface area contributed by atoms with Gasteiger partial charge in [-0.1, -0.05) is 25.5 Å². The highest BCUT2D eigenvalue weighted by molar-refractivity contribution is 5.32. The van der Waals surface area contributed by atoms with Crippen LogP contribution in [0.2, 0.25) is 0 Å². The Morgan fingerprint density at radius 3 is 2.50 bits per heavy atom. The Morgan fingerprint density at radius 2 is 2.00 bits per heavy atom. The van der Waals surface area contributed by atoms with Crippen LogP contribution in [-0.2, 0) is 5.54 Å². The van der Waals surface area contributed by atoms with Gasteiger partial charge in [-0.2, -0.15) is 0 Å². The molecule has 0 bridgehead atoms. The SMILES string of the molecule is CCC1CCC(N)(c2ccc(OC(C)C)cc2)C1. The second kappa shape index (κ2) is 5.31. The zero-order chi connectivity index (χ0) is 13.2. The molecule has 2 N–H and O–H groups in total. The van der Waals surface area contributed by atoms with Crippen LogP contribution in [0.3, 0.4) is 0 Å². The predicted octanol–water partition coefficient (Wildman–Crippen LogP) is 3.84. The maximum atomic E-state index is 6.56. The molecule has 2 unspecified atom stereocenters. The van der Waals surface area contributed by atoms with Gasteiger partial charge in [0.15, 0.2) is 0 Å². The van der Waals surface area contributed by atoms with E-state index in [1.54, 1.807) is 0 Å². The van der Waals surface area contributed by atoms with Crippen LogP contribution in [-0.4, -0.2) is 6.10 Å². The Labute approximate surface area is 111 Å². The molecule has 0 aromatic heterocycles. The lowest BCUT2D eigenvalue weighted by Gasteiger charge is -2.25. The highest BCUT2D eigenvalue weighted by atomic mass is 16.5. The lowest BCUT2D eigenvalue weighted by Crippen LogP contribution is -2.33. The van der Waals surface area contributed by atoms with Gasteiger partial charge in [-0.05, 0) is 56.7 Å². The predicted molar refractivity (Wildman–Crippen MR) is 75.7 cm³/mol. The first kappa shape index (κ1) is 13.4. The summed E-state index contributed by atoms with van der Waals surface area (Å²) in [5.74, 6) is 1.73. The van der Waals surface area contributed by atoms with Crippen molar-refractivity contribution in [1.29, 1.82) is 0 Å². The second-order valence-corrected chi connectivity index (χ2v) is 5.86. The first-order valence-corrected chi connectivity index (χ1v) is 7.09. The fraction of sp³-hybridized carbons (Fsp3) is 0.625. The van der Waals surface area contributed by atoms with Gasteiger partial charge >= 0.3 is 0 Å². The molecule has 1 aromatic carbocycles. The van der Waals surface area contributed by atoms with Crippen LogP contribution in [0.1, 0.15) is 52.0 Å². The van der Waals surface area contributed by atoms with Crippen molar-refractivity contribution in [2.75, 3.05) is 0 Å². The third-order valence-corrected chi connectivity index (χ3v) is 4.03. The number of benzene rings is 1. The summed E-state index contributed by atoms with van der Waals surface area (Å²) in [4.78, 5) is 0. The Morgan fingerprint density at radius 1 is 1.33 bits per heavy atom. The van der Waals surface area contributed by atoms with Crippen LogP contribution in [0.15, 0.2) is 24.3 Å². The van der Waals surface area contributed by atoms with Gasteiger partial charge in [0.1, 0.15) is 5.75 Å². The monoisotopic (exact) mass is 247 g/mol. The molecule has 0 spiro atoms. The zero-order valence-electron chi connectivity index (χ0n) is 11.8. The van der Waals surface area contributed by atoms with E-state index < -0.39 is 0 Å². The third kappa shape index (κ3) is 2.86. The van der Waals surface area contributed by atoms with Crippen molar-refractivity contribution in [3.63, 3.8) is 0 Å². The Kier molecular flexibility index (Phi) is 3.96. The van der Waals surface area contributed by atoms with Gasteiger partial charge in [-0.3, -0.25) is 0 Å². The van der Waals surface area contributed by atoms with E-state index in [0.29, 0.717) is 0 Å². The van der Waals surface area contributed by atoms with Gasteiger partial charge in [-0.15, -0.1) is 0 Å². The van der Waals surface area contributed by atoms with E-state index in [1.807, 2.05) is 26.0 Å². The van der Waals surface area contributed by atoms with E-state index in [4.69, 9.17) is 10.5 Å². The molecule has 2 rings (SSSR count). The van der Waals surface area contributed by atoms with Crippen LogP contribution < -0.4 is 10.5 Å². The first-order valence-electron chi connectivity index (χ1n) is 7.09. The van der Waals surface area contributed by atoms with E-state index >= 15 is 0 Å². The summed E-state index contributed by atoms with van der Waals surface area (Å²) in [5, 5.41) is 0. The molecule has 0 aliphatic heterocycles. The number of rotatable bonds is 4. The number of hydrogen-bond donors (Lipinski definition) is 1. The van der Waals surface area contributed by atoms with Crippen LogP contribution in [0.4, 0.5) is 0 Å². The molecule has 1 aliphatic carbocycles. The molecule has 0 saturated heterocycles. The molecule has 2 atom stereocenters. The molecule has 1 fully saturated rings. The van der Waals surface area contributed by atoms with Crippen LogP contribution in [0.5, 0.6) is 5.75 Å². The fourth-order valence-corrected chi connectivity index (χ4v) is 2.93. The minimum atomic E-state index is -0.114.